The van der Waals surface area contributed by atoms with Crippen LogP contribution in [0.1, 0.15) is 6.42 Å². The lowest BCUT2D eigenvalue weighted by Gasteiger charge is -2.11. The molecule has 1 heterocycles. The minimum atomic E-state index is -5.08. The summed E-state index contributed by atoms with van der Waals surface area (Å²) in [6.07, 6.45) is -5.05. The topological polar surface area (TPSA) is 108 Å². The third kappa shape index (κ3) is 8.37. The number of alkyl halides is 3. The van der Waals surface area contributed by atoms with Gasteiger partial charge in [0.1, 0.15) is 12.4 Å². The highest BCUT2D eigenvalue weighted by Gasteiger charge is 2.38. The van der Waals surface area contributed by atoms with Gasteiger partial charge >= 0.3 is 12.1 Å². The summed E-state index contributed by atoms with van der Waals surface area (Å²) in [6.45, 7) is 1.29. The molecule has 1 amide bonds. The summed E-state index contributed by atoms with van der Waals surface area (Å²) in [6, 6.07) is 6.75. The van der Waals surface area contributed by atoms with Gasteiger partial charge in [-0.05, 0) is 30.7 Å². The van der Waals surface area contributed by atoms with Gasteiger partial charge in [-0.3, -0.25) is 4.79 Å². The molecule has 0 saturated carbocycles. The zero-order valence-electron chi connectivity index (χ0n) is 13.4. The summed E-state index contributed by atoms with van der Waals surface area (Å²) in [5, 5.41) is 22.8. The van der Waals surface area contributed by atoms with Crippen LogP contribution in [0, 0.1) is 0 Å². The number of β-amino-alcohol motifs (C(OH)–C–C–N with tert-alkyl or cyclic N) is 1. The number of nitrogens with one attached hydrogen (secondary N) is 2. The van der Waals surface area contributed by atoms with E-state index in [1.165, 1.54) is 0 Å². The van der Waals surface area contributed by atoms with Crippen molar-refractivity contribution < 1.29 is 37.7 Å². The number of hydrogen-bond acceptors (Lipinski definition) is 5. The van der Waals surface area contributed by atoms with Crippen LogP contribution >= 0.6 is 11.6 Å². The number of aliphatic hydroxyl groups is 1. The molecule has 0 spiro atoms. The number of aliphatic hydroxyl groups excluding tert-OH is 1. The van der Waals surface area contributed by atoms with Crippen LogP contribution in [-0.2, 0) is 9.59 Å². The maximum absolute atomic E-state index is 11.7. The van der Waals surface area contributed by atoms with Crippen molar-refractivity contribution in [2.24, 2.45) is 0 Å². The van der Waals surface area contributed by atoms with Crippen LogP contribution in [0.2, 0.25) is 5.02 Å². The van der Waals surface area contributed by atoms with Crippen molar-refractivity contribution in [1.82, 2.24) is 10.6 Å². The molecule has 1 aliphatic heterocycles. The highest BCUT2D eigenvalue weighted by atomic mass is 35.5. The van der Waals surface area contributed by atoms with E-state index < -0.39 is 18.2 Å². The normalized spacial score (nSPS) is 19.3. The molecule has 1 aliphatic rings. The molecule has 4 N–H and O–H groups in total. The molecule has 0 radical (unpaired) electrons. The third-order valence-electron chi connectivity index (χ3n) is 3.15. The molecule has 2 rings (SSSR count). The molecule has 0 aliphatic carbocycles. The number of carboxylic acids is 1. The first-order valence-electron chi connectivity index (χ1n) is 7.47. The van der Waals surface area contributed by atoms with E-state index in [1.54, 1.807) is 24.3 Å². The third-order valence-corrected chi connectivity index (χ3v) is 3.40. The minimum Gasteiger partial charge on any atom is -0.492 e. The van der Waals surface area contributed by atoms with Crippen molar-refractivity contribution in [3.63, 3.8) is 0 Å². The fraction of sp³-hybridized carbons (Fsp3) is 0.467. The van der Waals surface area contributed by atoms with Gasteiger partial charge in [0, 0.05) is 11.6 Å². The molecular formula is C15H18ClF3N2O5. The molecule has 146 valence electrons. The van der Waals surface area contributed by atoms with Crippen LogP contribution in [0.15, 0.2) is 24.3 Å². The van der Waals surface area contributed by atoms with Crippen LogP contribution in [-0.4, -0.2) is 60.1 Å². The van der Waals surface area contributed by atoms with Crippen molar-refractivity contribution in [3.8, 4) is 5.75 Å². The second-order valence-electron chi connectivity index (χ2n) is 5.25. The fourth-order valence-corrected chi connectivity index (χ4v) is 2.04. The second-order valence-corrected chi connectivity index (χ2v) is 5.68. The largest absolute Gasteiger partial charge is 0.492 e. The van der Waals surface area contributed by atoms with E-state index in [9.17, 15) is 23.1 Å². The molecule has 0 aromatic heterocycles. The number of hydrogen-bond donors (Lipinski definition) is 4. The summed E-state index contributed by atoms with van der Waals surface area (Å²) >= 11 is 5.76. The van der Waals surface area contributed by atoms with E-state index in [1.807, 2.05) is 0 Å². The molecular weight excluding hydrogens is 381 g/mol. The second kappa shape index (κ2) is 10.2. The summed E-state index contributed by atoms with van der Waals surface area (Å²) in [7, 11) is 0. The molecule has 2 unspecified atom stereocenters. The zero-order chi connectivity index (χ0) is 19.7. The molecule has 26 heavy (non-hydrogen) atoms. The zero-order valence-corrected chi connectivity index (χ0v) is 14.2. The predicted molar refractivity (Wildman–Crippen MR) is 86.1 cm³/mol. The monoisotopic (exact) mass is 398 g/mol. The molecule has 1 fully saturated rings. The van der Waals surface area contributed by atoms with Crippen molar-refractivity contribution in [2.45, 2.75) is 24.7 Å². The SMILES string of the molecule is O=C(NCCOc1ccc(Cl)cc1)C1CC(O)CN1.O=C(O)C(F)(F)F. The van der Waals surface area contributed by atoms with E-state index in [0.717, 1.165) is 0 Å². The summed E-state index contributed by atoms with van der Waals surface area (Å²) < 4.78 is 37.2. The van der Waals surface area contributed by atoms with Gasteiger partial charge in [0.25, 0.3) is 0 Å². The Bertz CT molecular complexity index is 598. The molecule has 7 nitrogen and oxygen atoms in total. The van der Waals surface area contributed by atoms with Crippen LogP contribution < -0.4 is 15.4 Å². The number of halogens is 4. The van der Waals surface area contributed by atoms with E-state index >= 15 is 0 Å². The number of carbonyl (C=O) groups excluding carboxylic acids is 1. The number of carbonyl (C=O) groups is 2. The highest BCUT2D eigenvalue weighted by Crippen LogP contribution is 2.15. The highest BCUT2D eigenvalue weighted by molar-refractivity contribution is 6.30. The van der Waals surface area contributed by atoms with Gasteiger partial charge in [0.15, 0.2) is 0 Å². The number of aliphatic carboxylic acids is 1. The summed E-state index contributed by atoms with van der Waals surface area (Å²) in [5.41, 5.74) is 0. The number of rotatable bonds is 5. The Morgan fingerprint density at radius 3 is 2.35 bits per heavy atom. The van der Waals surface area contributed by atoms with Crippen LogP contribution in [0.5, 0.6) is 5.75 Å². The van der Waals surface area contributed by atoms with Crippen molar-refractivity contribution in [2.75, 3.05) is 19.7 Å². The average Bonchev–Trinajstić information content (AvgIpc) is 2.99. The Labute approximate surface area is 152 Å². The van der Waals surface area contributed by atoms with Gasteiger partial charge in [-0.15, -0.1) is 0 Å². The Hall–Kier alpha value is -2.04. The predicted octanol–water partition coefficient (Wildman–Crippen LogP) is 1.19. The first-order chi connectivity index (χ1) is 12.1. The Morgan fingerprint density at radius 1 is 1.31 bits per heavy atom. The Balaban J connectivity index is 0.000000412. The lowest BCUT2D eigenvalue weighted by Crippen LogP contribution is -2.41. The molecule has 1 aromatic carbocycles. The molecule has 1 saturated heterocycles. The van der Waals surface area contributed by atoms with Crippen LogP contribution in [0.25, 0.3) is 0 Å². The molecule has 1 aromatic rings. The van der Waals surface area contributed by atoms with Gasteiger partial charge in [-0.2, -0.15) is 13.2 Å². The Morgan fingerprint density at radius 2 is 1.88 bits per heavy atom. The summed E-state index contributed by atoms with van der Waals surface area (Å²) in [5.74, 6) is -2.14. The van der Waals surface area contributed by atoms with Gasteiger partial charge < -0.3 is 25.6 Å². The lowest BCUT2D eigenvalue weighted by molar-refractivity contribution is -0.192. The standard InChI is InChI=1S/C13H17ClN2O3.C2HF3O2/c14-9-1-3-11(4-2-9)19-6-5-15-13(18)12-7-10(17)8-16-12;3-2(4,5)1(6)7/h1-4,10,12,16-17H,5-8H2,(H,15,18);(H,6,7). The van der Waals surface area contributed by atoms with E-state index in [0.29, 0.717) is 36.9 Å². The van der Waals surface area contributed by atoms with Crippen molar-refractivity contribution in [1.29, 1.82) is 0 Å². The average molecular weight is 399 g/mol. The maximum atomic E-state index is 11.7. The maximum Gasteiger partial charge on any atom is 0.490 e. The van der Waals surface area contributed by atoms with Gasteiger partial charge in [-0.25, -0.2) is 4.79 Å². The van der Waals surface area contributed by atoms with Crippen molar-refractivity contribution >= 4 is 23.5 Å². The van der Waals surface area contributed by atoms with Crippen molar-refractivity contribution in [3.05, 3.63) is 29.3 Å². The first kappa shape index (κ1) is 22.0. The molecule has 0 bridgehead atoms. The lowest BCUT2D eigenvalue weighted by atomic mass is 10.2. The van der Waals surface area contributed by atoms with E-state index in [4.69, 9.17) is 26.2 Å². The number of ether oxygens (including phenoxy) is 1. The van der Waals surface area contributed by atoms with E-state index in [2.05, 4.69) is 10.6 Å². The van der Waals surface area contributed by atoms with Gasteiger partial charge in [-0.1, -0.05) is 11.6 Å². The van der Waals surface area contributed by atoms with Crippen LogP contribution in [0.3, 0.4) is 0 Å². The molecule has 2 atom stereocenters. The smallest absolute Gasteiger partial charge is 0.490 e. The minimum absolute atomic E-state index is 0.101. The number of amides is 1. The quantitative estimate of drug-likeness (QED) is 0.555. The van der Waals surface area contributed by atoms with E-state index in [-0.39, 0.29) is 11.9 Å². The number of carboxylic acid groups (broad SMARTS) is 1. The first-order valence-corrected chi connectivity index (χ1v) is 7.85. The fourth-order valence-electron chi connectivity index (χ4n) is 1.91. The van der Waals surface area contributed by atoms with Crippen LogP contribution in [0.4, 0.5) is 13.2 Å². The summed E-state index contributed by atoms with van der Waals surface area (Å²) in [4.78, 5) is 20.6. The molecule has 11 heteroatoms. The Kier molecular flexibility index (Phi) is 8.62. The van der Waals surface area contributed by atoms with Gasteiger partial charge in [0.2, 0.25) is 5.91 Å². The van der Waals surface area contributed by atoms with Gasteiger partial charge in [0.05, 0.1) is 18.7 Å². The number of benzene rings is 1.